The standard InChI is InChI=1S/C18H24N4O4/c1-13-17(26-12-19-13)18(23)21-8-15-2-5-20-22(15)16(9-21)11-25-10-14-3-6-24-7-4-14/h2,5,12,14,16H,3-4,6-11H2,1H3. The molecule has 1 saturated heterocycles. The fourth-order valence-corrected chi connectivity index (χ4v) is 3.60. The minimum Gasteiger partial charge on any atom is -0.438 e. The highest BCUT2D eigenvalue weighted by Gasteiger charge is 2.31. The van der Waals surface area contributed by atoms with E-state index in [0.717, 1.165) is 38.4 Å². The quantitative estimate of drug-likeness (QED) is 0.809. The van der Waals surface area contributed by atoms with Gasteiger partial charge in [-0.1, -0.05) is 0 Å². The number of rotatable bonds is 5. The Balaban J connectivity index is 1.41. The Bertz CT molecular complexity index is 750. The van der Waals surface area contributed by atoms with Gasteiger partial charge in [0, 0.05) is 32.6 Å². The van der Waals surface area contributed by atoms with Crippen molar-refractivity contribution < 1.29 is 18.7 Å². The lowest BCUT2D eigenvalue weighted by atomic mass is 10.0. The number of hydrogen-bond donors (Lipinski definition) is 0. The average Bonchev–Trinajstić information content (AvgIpc) is 3.30. The summed E-state index contributed by atoms with van der Waals surface area (Å²) in [6.07, 6.45) is 5.18. The molecule has 1 amide bonds. The van der Waals surface area contributed by atoms with Crippen molar-refractivity contribution in [1.82, 2.24) is 19.7 Å². The van der Waals surface area contributed by atoms with Crippen molar-refractivity contribution in [2.45, 2.75) is 32.4 Å². The lowest BCUT2D eigenvalue weighted by Crippen LogP contribution is -2.43. The van der Waals surface area contributed by atoms with Gasteiger partial charge in [-0.3, -0.25) is 9.48 Å². The van der Waals surface area contributed by atoms with E-state index in [1.54, 1.807) is 18.0 Å². The number of carbonyl (C=O) groups excluding carboxylic acids is 1. The molecule has 1 unspecified atom stereocenters. The first-order chi connectivity index (χ1) is 12.7. The minimum absolute atomic E-state index is 0.000711. The summed E-state index contributed by atoms with van der Waals surface area (Å²) in [5.41, 5.74) is 1.61. The number of oxazole rings is 1. The van der Waals surface area contributed by atoms with Crippen LogP contribution in [0.4, 0.5) is 0 Å². The molecule has 0 aliphatic carbocycles. The first-order valence-electron chi connectivity index (χ1n) is 9.09. The van der Waals surface area contributed by atoms with E-state index in [1.165, 1.54) is 6.39 Å². The van der Waals surface area contributed by atoms with Gasteiger partial charge in [0.2, 0.25) is 5.76 Å². The highest BCUT2D eigenvalue weighted by atomic mass is 16.5. The van der Waals surface area contributed by atoms with Gasteiger partial charge in [-0.15, -0.1) is 0 Å². The highest BCUT2D eigenvalue weighted by molar-refractivity contribution is 5.92. The van der Waals surface area contributed by atoms with Crippen LogP contribution >= 0.6 is 0 Å². The summed E-state index contributed by atoms with van der Waals surface area (Å²) in [6.45, 7) is 5.73. The van der Waals surface area contributed by atoms with E-state index in [0.29, 0.717) is 37.1 Å². The van der Waals surface area contributed by atoms with Gasteiger partial charge in [-0.25, -0.2) is 4.98 Å². The molecule has 8 nitrogen and oxygen atoms in total. The number of nitrogens with zero attached hydrogens (tertiary/aromatic N) is 4. The molecule has 0 saturated carbocycles. The number of fused-ring (bicyclic) bond motifs is 1. The fraction of sp³-hybridized carbons (Fsp3) is 0.611. The van der Waals surface area contributed by atoms with Gasteiger partial charge < -0.3 is 18.8 Å². The summed E-state index contributed by atoms with van der Waals surface area (Å²) in [6, 6.07) is 1.94. The molecule has 2 aromatic rings. The van der Waals surface area contributed by atoms with Crippen LogP contribution < -0.4 is 0 Å². The number of hydrogen-bond acceptors (Lipinski definition) is 6. The lowest BCUT2D eigenvalue weighted by molar-refractivity contribution is 0.00406. The zero-order valence-electron chi connectivity index (χ0n) is 15.0. The zero-order valence-corrected chi connectivity index (χ0v) is 15.0. The molecule has 0 spiro atoms. The number of amides is 1. The van der Waals surface area contributed by atoms with Gasteiger partial charge in [0.15, 0.2) is 6.39 Å². The second-order valence-corrected chi connectivity index (χ2v) is 6.97. The van der Waals surface area contributed by atoms with Crippen molar-refractivity contribution >= 4 is 5.91 Å². The number of aryl methyl sites for hydroxylation is 1. The second-order valence-electron chi connectivity index (χ2n) is 6.97. The lowest BCUT2D eigenvalue weighted by Gasteiger charge is -2.33. The average molecular weight is 360 g/mol. The number of aromatic nitrogens is 3. The van der Waals surface area contributed by atoms with E-state index in [2.05, 4.69) is 10.1 Å². The molecule has 8 heteroatoms. The second kappa shape index (κ2) is 7.59. The van der Waals surface area contributed by atoms with Gasteiger partial charge >= 0.3 is 0 Å². The summed E-state index contributed by atoms with van der Waals surface area (Å²) >= 11 is 0. The van der Waals surface area contributed by atoms with E-state index in [9.17, 15) is 4.79 Å². The highest BCUT2D eigenvalue weighted by Crippen LogP contribution is 2.24. The molecule has 26 heavy (non-hydrogen) atoms. The molecule has 0 bridgehead atoms. The summed E-state index contributed by atoms with van der Waals surface area (Å²) in [5, 5.41) is 4.42. The first-order valence-corrected chi connectivity index (χ1v) is 9.09. The third-order valence-corrected chi connectivity index (χ3v) is 5.11. The molecule has 2 aromatic heterocycles. The van der Waals surface area contributed by atoms with Gasteiger partial charge in [-0.05, 0) is 31.7 Å². The molecular weight excluding hydrogens is 336 g/mol. The van der Waals surface area contributed by atoms with Crippen molar-refractivity contribution in [2.24, 2.45) is 5.92 Å². The van der Waals surface area contributed by atoms with Crippen LogP contribution in [0.2, 0.25) is 0 Å². The molecule has 0 N–H and O–H groups in total. The Kier molecular flexibility index (Phi) is 5.03. The molecule has 4 rings (SSSR count). The first kappa shape index (κ1) is 17.2. The van der Waals surface area contributed by atoms with E-state index in [4.69, 9.17) is 13.9 Å². The Morgan fingerprint density at radius 1 is 1.35 bits per heavy atom. The Hall–Kier alpha value is -2.19. The smallest absolute Gasteiger partial charge is 0.291 e. The van der Waals surface area contributed by atoms with Crippen LogP contribution in [-0.4, -0.2) is 58.5 Å². The van der Waals surface area contributed by atoms with E-state index < -0.39 is 0 Å². The molecule has 1 atom stereocenters. The van der Waals surface area contributed by atoms with Crippen molar-refractivity contribution in [3.8, 4) is 0 Å². The largest absolute Gasteiger partial charge is 0.438 e. The van der Waals surface area contributed by atoms with Crippen molar-refractivity contribution in [2.75, 3.05) is 33.0 Å². The van der Waals surface area contributed by atoms with Gasteiger partial charge in [-0.2, -0.15) is 5.10 Å². The zero-order chi connectivity index (χ0) is 17.9. The van der Waals surface area contributed by atoms with Gasteiger partial charge in [0.05, 0.1) is 30.6 Å². The predicted molar refractivity (Wildman–Crippen MR) is 91.6 cm³/mol. The summed E-state index contributed by atoms with van der Waals surface area (Å²) in [7, 11) is 0. The van der Waals surface area contributed by atoms with Gasteiger partial charge in [0.25, 0.3) is 5.91 Å². The van der Waals surface area contributed by atoms with Crippen molar-refractivity contribution in [3.63, 3.8) is 0 Å². The third-order valence-electron chi connectivity index (χ3n) is 5.11. The van der Waals surface area contributed by atoms with Crippen molar-refractivity contribution in [1.29, 1.82) is 0 Å². The van der Waals surface area contributed by atoms with E-state index in [1.807, 2.05) is 10.7 Å². The normalized spacial score (nSPS) is 21.0. The molecule has 4 heterocycles. The maximum absolute atomic E-state index is 12.8. The van der Waals surface area contributed by atoms with Crippen LogP contribution in [0.1, 0.15) is 40.8 Å². The summed E-state index contributed by atoms with van der Waals surface area (Å²) in [5.74, 6) is 0.723. The van der Waals surface area contributed by atoms with E-state index >= 15 is 0 Å². The molecule has 0 radical (unpaired) electrons. The number of ether oxygens (including phenoxy) is 2. The Labute approximate surface area is 152 Å². The van der Waals surface area contributed by atoms with Crippen LogP contribution in [0.25, 0.3) is 0 Å². The molecule has 2 aliphatic rings. The maximum atomic E-state index is 12.8. The van der Waals surface area contributed by atoms with Crippen LogP contribution in [0.15, 0.2) is 23.1 Å². The molecule has 1 fully saturated rings. The summed E-state index contributed by atoms with van der Waals surface area (Å²) in [4.78, 5) is 18.6. The summed E-state index contributed by atoms with van der Waals surface area (Å²) < 4.78 is 18.6. The Morgan fingerprint density at radius 3 is 2.96 bits per heavy atom. The fourth-order valence-electron chi connectivity index (χ4n) is 3.60. The Morgan fingerprint density at radius 2 is 2.19 bits per heavy atom. The monoisotopic (exact) mass is 360 g/mol. The van der Waals surface area contributed by atoms with E-state index in [-0.39, 0.29) is 11.9 Å². The topological polar surface area (TPSA) is 82.6 Å². The SMILES string of the molecule is Cc1ncoc1C(=O)N1Cc2ccnn2C(COCC2CCOCC2)C1. The van der Waals surface area contributed by atoms with Gasteiger partial charge in [0.1, 0.15) is 0 Å². The third kappa shape index (κ3) is 3.52. The molecule has 0 aromatic carbocycles. The van der Waals surface area contributed by atoms with Crippen LogP contribution in [-0.2, 0) is 16.0 Å². The predicted octanol–water partition coefficient (Wildman–Crippen LogP) is 1.82. The minimum atomic E-state index is -0.137. The molecular formula is C18H24N4O4. The number of carbonyl (C=O) groups is 1. The van der Waals surface area contributed by atoms with Crippen LogP contribution in [0, 0.1) is 12.8 Å². The maximum Gasteiger partial charge on any atom is 0.291 e. The molecule has 2 aliphatic heterocycles. The van der Waals surface area contributed by atoms with Crippen LogP contribution in [0.5, 0.6) is 0 Å². The molecule has 140 valence electrons. The van der Waals surface area contributed by atoms with Crippen molar-refractivity contribution in [3.05, 3.63) is 35.8 Å². The van der Waals surface area contributed by atoms with Crippen LogP contribution in [0.3, 0.4) is 0 Å².